The molecule has 2 aromatic carbocycles. The van der Waals surface area contributed by atoms with Gasteiger partial charge in [-0.3, -0.25) is 0 Å². The van der Waals surface area contributed by atoms with E-state index in [2.05, 4.69) is 66.4 Å². The Labute approximate surface area is 151 Å². The Hall–Kier alpha value is -2.06. The summed E-state index contributed by atoms with van der Waals surface area (Å²) in [4.78, 5) is 2.62. The van der Waals surface area contributed by atoms with E-state index in [1.54, 1.807) is 0 Å². The number of fused-ring (bicyclic) bond motifs is 1. The second kappa shape index (κ2) is 7.45. The van der Waals surface area contributed by atoms with Crippen LogP contribution in [0.25, 0.3) is 6.08 Å². The van der Waals surface area contributed by atoms with E-state index >= 15 is 0 Å². The van der Waals surface area contributed by atoms with Crippen LogP contribution in [-0.2, 0) is 11.2 Å². The highest BCUT2D eigenvalue weighted by Gasteiger charge is 2.30. The molecule has 130 valence electrons. The van der Waals surface area contributed by atoms with Gasteiger partial charge in [0.2, 0.25) is 0 Å². The summed E-state index contributed by atoms with van der Waals surface area (Å²) in [7, 11) is 0. The molecule has 2 heterocycles. The summed E-state index contributed by atoms with van der Waals surface area (Å²) in [6.07, 6.45) is 7.81. The predicted octanol–water partition coefficient (Wildman–Crippen LogP) is 4.99. The third-order valence-electron chi connectivity index (χ3n) is 5.79. The minimum Gasteiger partial charge on any atom is -0.493 e. The van der Waals surface area contributed by atoms with Gasteiger partial charge in [-0.15, -0.1) is 0 Å². The predicted molar refractivity (Wildman–Crippen MR) is 103 cm³/mol. The van der Waals surface area contributed by atoms with Gasteiger partial charge in [0.15, 0.2) is 0 Å². The normalized spacial score (nSPS) is 20.9. The maximum absolute atomic E-state index is 6.03. The van der Waals surface area contributed by atoms with Gasteiger partial charge in [-0.2, -0.15) is 0 Å². The number of aryl methyl sites for hydroxylation is 1. The summed E-state index contributed by atoms with van der Waals surface area (Å²) in [5.74, 6) is 0.626. The minimum absolute atomic E-state index is 0.236. The van der Waals surface area contributed by atoms with Crippen LogP contribution < -0.4 is 0 Å². The van der Waals surface area contributed by atoms with Crippen molar-refractivity contribution in [1.82, 2.24) is 4.90 Å². The van der Waals surface area contributed by atoms with Crippen molar-refractivity contribution in [2.45, 2.75) is 32.3 Å². The third-order valence-corrected chi connectivity index (χ3v) is 5.79. The standard InChI is InChI=1S/C23H27NO/c1-18-6-2-3-7-19(18)10-14-24-15-11-21(12-16-24)23-22-9-5-4-8-20(22)13-17-25-23/h2-9,13,17,21,23H,10-12,14-16H2,1H3. The molecule has 2 aliphatic rings. The Morgan fingerprint density at radius 3 is 2.60 bits per heavy atom. The zero-order valence-corrected chi connectivity index (χ0v) is 15.0. The molecule has 0 radical (unpaired) electrons. The molecule has 25 heavy (non-hydrogen) atoms. The zero-order valence-electron chi connectivity index (χ0n) is 15.0. The molecule has 0 aromatic heterocycles. The summed E-state index contributed by atoms with van der Waals surface area (Å²) in [5, 5.41) is 0. The van der Waals surface area contributed by atoms with Gasteiger partial charge in [-0.25, -0.2) is 0 Å². The SMILES string of the molecule is Cc1ccccc1CCN1CCC(C2OC=Cc3ccccc32)CC1. The molecule has 0 N–H and O–H groups in total. The first-order valence-electron chi connectivity index (χ1n) is 9.49. The van der Waals surface area contributed by atoms with Crippen LogP contribution in [-0.4, -0.2) is 24.5 Å². The highest BCUT2D eigenvalue weighted by molar-refractivity contribution is 5.55. The molecule has 2 aliphatic heterocycles. The number of piperidine rings is 1. The molecule has 0 aliphatic carbocycles. The lowest BCUT2D eigenvalue weighted by atomic mass is 9.84. The first-order valence-corrected chi connectivity index (χ1v) is 9.49. The van der Waals surface area contributed by atoms with Crippen LogP contribution >= 0.6 is 0 Å². The van der Waals surface area contributed by atoms with E-state index in [0.29, 0.717) is 5.92 Å². The molecule has 1 unspecified atom stereocenters. The molecular weight excluding hydrogens is 306 g/mol. The summed E-state index contributed by atoms with van der Waals surface area (Å²) in [5.41, 5.74) is 5.58. The van der Waals surface area contributed by atoms with E-state index in [0.717, 1.165) is 6.42 Å². The Balaban J connectivity index is 1.33. The van der Waals surface area contributed by atoms with E-state index in [9.17, 15) is 0 Å². The van der Waals surface area contributed by atoms with Gasteiger partial charge < -0.3 is 9.64 Å². The van der Waals surface area contributed by atoms with Crippen LogP contribution in [0.2, 0.25) is 0 Å². The summed E-state index contributed by atoms with van der Waals surface area (Å²) >= 11 is 0. The van der Waals surface area contributed by atoms with E-state index < -0.39 is 0 Å². The average Bonchev–Trinajstić information content (AvgIpc) is 2.67. The van der Waals surface area contributed by atoms with Crippen LogP contribution in [0.3, 0.4) is 0 Å². The van der Waals surface area contributed by atoms with Crippen molar-refractivity contribution in [3.05, 3.63) is 77.0 Å². The van der Waals surface area contributed by atoms with Crippen LogP contribution in [0.5, 0.6) is 0 Å². The molecule has 0 spiro atoms. The highest BCUT2D eigenvalue weighted by Crippen LogP contribution is 2.38. The highest BCUT2D eigenvalue weighted by atomic mass is 16.5. The van der Waals surface area contributed by atoms with Crippen molar-refractivity contribution in [3.8, 4) is 0 Å². The number of nitrogens with zero attached hydrogens (tertiary/aromatic N) is 1. The number of likely N-dealkylation sites (tertiary alicyclic amines) is 1. The molecule has 1 fully saturated rings. The Kier molecular flexibility index (Phi) is 4.89. The van der Waals surface area contributed by atoms with Crippen LogP contribution in [0, 0.1) is 12.8 Å². The third kappa shape index (κ3) is 3.64. The van der Waals surface area contributed by atoms with E-state index in [4.69, 9.17) is 4.74 Å². The second-order valence-corrected chi connectivity index (χ2v) is 7.34. The fourth-order valence-corrected chi connectivity index (χ4v) is 4.21. The smallest absolute Gasteiger partial charge is 0.126 e. The van der Waals surface area contributed by atoms with E-state index in [-0.39, 0.29) is 6.10 Å². The number of benzene rings is 2. The quantitative estimate of drug-likeness (QED) is 0.781. The molecular formula is C23H27NO. The Bertz CT molecular complexity index is 743. The van der Waals surface area contributed by atoms with E-state index in [1.165, 1.54) is 54.7 Å². The number of hydrogen-bond donors (Lipinski definition) is 0. The van der Waals surface area contributed by atoms with Gasteiger partial charge in [0, 0.05) is 12.5 Å². The average molecular weight is 333 g/mol. The van der Waals surface area contributed by atoms with Crippen LogP contribution in [0.1, 0.15) is 41.2 Å². The number of hydrogen-bond acceptors (Lipinski definition) is 2. The minimum atomic E-state index is 0.236. The lowest BCUT2D eigenvalue weighted by Crippen LogP contribution is -2.37. The van der Waals surface area contributed by atoms with Gasteiger partial charge in [0.1, 0.15) is 6.10 Å². The maximum atomic E-state index is 6.03. The molecule has 2 heteroatoms. The monoisotopic (exact) mass is 333 g/mol. The van der Waals surface area contributed by atoms with Gasteiger partial charge in [-0.1, -0.05) is 48.5 Å². The van der Waals surface area contributed by atoms with Gasteiger partial charge >= 0.3 is 0 Å². The second-order valence-electron chi connectivity index (χ2n) is 7.34. The molecule has 2 nitrogen and oxygen atoms in total. The molecule has 0 amide bonds. The van der Waals surface area contributed by atoms with Gasteiger partial charge in [0.05, 0.1) is 6.26 Å². The first kappa shape index (κ1) is 16.4. The van der Waals surface area contributed by atoms with Crippen LogP contribution in [0.15, 0.2) is 54.8 Å². The molecule has 1 atom stereocenters. The fourth-order valence-electron chi connectivity index (χ4n) is 4.21. The van der Waals surface area contributed by atoms with Crippen molar-refractivity contribution in [1.29, 1.82) is 0 Å². The molecule has 1 saturated heterocycles. The number of rotatable bonds is 4. The largest absolute Gasteiger partial charge is 0.493 e. The molecule has 0 saturated carbocycles. The van der Waals surface area contributed by atoms with E-state index in [1.807, 2.05) is 6.26 Å². The maximum Gasteiger partial charge on any atom is 0.126 e. The van der Waals surface area contributed by atoms with Crippen molar-refractivity contribution >= 4 is 6.08 Å². The Morgan fingerprint density at radius 2 is 1.76 bits per heavy atom. The van der Waals surface area contributed by atoms with Gasteiger partial charge in [0.25, 0.3) is 0 Å². The van der Waals surface area contributed by atoms with Crippen molar-refractivity contribution in [2.75, 3.05) is 19.6 Å². The molecule has 0 bridgehead atoms. The number of ether oxygens (including phenoxy) is 1. The molecule has 2 aromatic rings. The van der Waals surface area contributed by atoms with Crippen molar-refractivity contribution < 1.29 is 4.74 Å². The van der Waals surface area contributed by atoms with Crippen molar-refractivity contribution in [3.63, 3.8) is 0 Å². The molecule has 4 rings (SSSR count). The summed E-state index contributed by atoms with van der Waals surface area (Å²) in [6, 6.07) is 17.4. The lowest BCUT2D eigenvalue weighted by Gasteiger charge is -2.37. The summed E-state index contributed by atoms with van der Waals surface area (Å²) < 4.78 is 6.03. The topological polar surface area (TPSA) is 12.5 Å². The Morgan fingerprint density at radius 1 is 1.00 bits per heavy atom. The first-order chi connectivity index (χ1) is 12.3. The van der Waals surface area contributed by atoms with Crippen LogP contribution in [0.4, 0.5) is 0 Å². The van der Waals surface area contributed by atoms with Crippen molar-refractivity contribution in [2.24, 2.45) is 5.92 Å². The fraction of sp³-hybridized carbons (Fsp3) is 0.391. The lowest BCUT2D eigenvalue weighted by molar-refractivity contribution is 0.0438. The van der Waals surface area contributed by atoms with Gasteiger partial charge in [-0.05, 0) is 67.6 Å². The summed E-state index contributed by atoms with van der Waals surface area (Å²) in [6.45, 7) is 5.75. The zero-order chi connectivity index (χ0) is 17.1.